The van der Waals surface area contributed by atoms with E-state index in [-0.39, 0.29) is 5.54 Å². The van der Waals surface area contributed by atoms with Gasteiger partial charge < -0.3 is 20.3 Å². The van der Waals surface area contributed by atoms with Crippen molar-refractivity contribution < 1.29 is 4.74 Å². The molecule has 0 unspecified atom stereocenters. The van der Waals surface area contributed by atoms with E-state index in [9.17, 15) is 0 Å². The highest BCUT2D eigenvalue weighted by Crippen LogP contribution is 2.31. The lowest BCUT2D eigenvalue weighted by Gasteiger charge is -2.39. The van der Waals surface area contributed by atoms with E-state index in [1.165, 1.54) is 0 Å². The van der Waals surface area contributed by atoms with Crippen molar-refractivity contribution in [3.8, 4) is 11.5 Å². The number of anilines is 3. The van der Waals surface area contributed by atoms with Gasteiger partial charge in [0.25, 0.3) is 0 Å². The molecule has 188 valence electrons. The van der Waals surface area contributed by atoms with Gasteiger partial charge in [-0.2, -0.15) is 0 Å². The molecule has 2 aromatic carbocycles. The lowest BCUT2D eigenvalue weighted by molar-refractivity contribution is 0.352. The molecule has 1 saturated heterocycles. The fraction of sp³-hybridized carbons (Fsp3) is 0.296. The Balaban J connectivity index is 1.25. The SMILES string of the molecule is Cc1cc(Nc2ncnc3ccc(N4CCNC(C)(C)C4)nc23)ccc1Oc1ccc2c(c1)nnn2C. The van der Waals surface area contributed by atoms with Gasteiger partial charge in [0, 0.05) is 44.0 Å². The van der Waals surface area contributed by atoms with E-state index in [1.807, 2.05) is 62.5 Å². The summed E-state index contributed by atoms with van der Waals surface area (Å²) in [5.41, 5.74) is 5.20. The van der Waals surface area contributed by atoms with Crippen molar-refractivity contribution in [1.82, 2.24) is 35.3 Å². The minimum absolute atomic E-state index is 0.0325. The maximum Gasteiger partial charge on any atom is 0.160 e. The van der Waals surface area contributed by atoms with Gasteiger partial charge in [-0.3, -0.25) is 0 Å². The van der Waals surface area contributed by atoms with E-state index in [2.05, 4.69) is 49.7 Å². The molecule has 6 rings (SSSR count). The van der Waals surface area contributed by atoms with Crippen molar-refractivity contribution in [3.05, 3.63) is 60.4 Å². The molecule has 1 aliphatic heterocycles. The summed E-state index contributed by atoms with van der Waals surface area (Å²) in [6, 6.07) is 15.8. The van der Waals surface area contributed by atoms with Crippen LogP contribution in [0.15, 0.2) is 54.9 Å². The summed E-state index contributed by atoms with van der Waals surface area (Å²) in [6.07, 6.45) is 1.56. The second-order valence-electron chi connectivity index (χ2n) is 10.1. The highest BCUT2D eigenvalue weighted by atomic mass is 16.5. The Labute approximate surface area is 214 Å². The number of benzene rings is 2. The molecule has 10 nitrogen and oxygen atoms in total. The Bertz CT molecular complexity index is 1610. The maximum absolute atomic E-state index is 6.15. The molecule has 0 aliphatic carbocycles. The van der Waals surface area contributed by atoms with Gasteiger partial charge in [0.1, 0.15) is 34.7 Å². The molecular formula is C27H29N9O. The first-order chi connectivity index (χ1) is 17.8. The number of hydrogen-bond acceptors (Lipinski definition) is 9. The molecule has 1 fully saturated rings. The Morgan fingerprint density at radius 2 is 1.92 bits per heavy atom. The van der Waals surface area contributed by atoms with E-state index < -0.39 is 0 Å². The zero-order chi connectivity index (χ0) is 25.6. The number of aromatic nitrogens is 6. The molecule has 5 aromatic rings. The second-order valence-corrected chi connectivity index (χ2v) is 10.1. The number of ether oxygens (including phenoxy) is 1. The van der Waals surface area contributed by atoms with Crippen LogP contribution in [0, 0.1) is 6.92 Å². The highest BCUT2D eigenvalue weighted by Gasteiger charge is 2.26. The molecule has 2 N–H and O–H groups in total. The quantitative estimate of drug-likeness (QED) is 0.368. The molecule has 0 bridgehead atoms. The molecular weight excluding hydrogens is 466 g/mol. The summed E-state index contributed by atoms with van der Waals surface area (Å²) in [5, 5.41) is 15.2. The predicted octanol–water partition coefficient (Wildman–Crippen LogP) is 4.34. The van der Waals surface area contributed by atoms with Gasteiger partial charge in [-0.05, 0) is 68.8 Å². The summed E-state index contributed by atoms with van der Waals surface area (Å²) >= 11 is 0. The van der Waals surface area contributed by atoms with Crippen LogP contribution in [0.3, 0.4) is 0 Å². The third-order valence-electron chi connectivity index (χ3n) is 6.61. The molecule has 1 aliphatic rings. The number of fused-ring (bicyclic) bond motifs is 2. The lowest BCUT2D eigenvalue weighted by Crippen LogP contribution is -2.57. The van der Waals surface area contributed by atoms with Crippen LogP contribution in [0.2, 0.25) is 0 Å². The number of aryl methyl sites for hydroxylation is 2. The van der Waals surface area contributed by atoms with Crippen molar-refractivity contribution in [2.45, 2.75) is 26.3 Å². The Morgan fingerprint density at radius 3 is 2.76 bits per heavy atom. The van der Waals surface area contributed by atoms with Crippen molar-refractivity contribution in [3.63, 3.8) is 0 Å². The first-order valence-electron chi connectivity index (χ1n) is 12.3. The largest absolute Gasteiger partial charge is 0.457 e. The van der Waals surface area contributed by atoms with Crippen LogP contribution in [0.1, 0.15) is 19.4 Å². The number of rotatable bonds is 5. The van der Waals surface area contributed by atoms with Gasteiger partial charge in [-0.1, -0.05) is 5.21 Å². The lowest BCUT2D eigenvalue weighted by atomic mass is 10.0. The van der Waals surface area contributed by atoms with Crippen LogP contribution in [0.5, 0.6) is 11.5 Å². The van der Waals surface area contributed by atoms with E-state index in [0.29, 0.717) is 11.6 Å². The van der Waals surface area contributed by atoms with Gasteiger partial charge >= 0.3 is 0 Å². The van der Waals surface area contributed by atoms with Gasteiger partial charge in [0.2, 0.25) is 0 Å². The third-order valence-corrected chi connectivity index (χ3v) is 6.61. The Morgan fingerprint density at radius 1 is 1.03 bits per heavy atom. The maximum atomic E-state index is 6.15. The first-order valence-corrected chi connectivity index (χ1v) is 12.3. The minimum atomic E-state index is 0.0325. The Hall–Kier alpha value is -4.31. The smallest absolute Gasteiger partial charge is 0.160 e. The van der Waals surface area contributed by atoms with Crippen LogP contribution in [0.4, 0.5) is 17.3 Å². The summed E-state index contributed by atoms with van der Waals surface area (Å²) in [4.78, 5) is 16.2. The molecule has 0 atom stereocenters. The van der Waals surface area contributed by atoms with E-state index in [1.54, 1.807) is 11.0 Å². The fourth-order valence-electron chi connectivity index (χ4n) is 4.72. The van der Waals surface area contributed by atoms with Gasteiger partial charge in [0.15, 0.2) is 5.82 Å². The average molecular weight is 496 g/mol. The molecule has 3 aromatic heterocycles. The normalized spacial score (nSPS) is 15.3. The van der Waals surface area contributed by atoms with Crippen molar-refractivity contribution in [2.24, 2.45) is 7.05 Å². The average Bonchev–Trinajstić information content (AvgIpc) is 3.25. The molecule has 4 heterocycles. The van der Waals surface area contributed by atoms with Crippen LogP contribution in [-0.2, 0) is 7.05 Å². The molecule has 37 heavy (non-hydrogen) atoms. The molecule has 0 saturated carbocycles. The number of nitrogens with one attached hydrogen (secondary N) is 2. The number of nitrogens with zero attached hydrogens (tertiary/aromatic N) is 7. The summed E-state index contributed by atoms with van der Waals surface area (Å²) in [7, 11) is 1.87. The molecule has 0 amide bonds. The summed E-state index contributed by atoms with van der Waals surface area (Å²) in [5.74, 6) is 3.08. The van der Waals surface area contributed by atoms with E-state index >= 15 is 0 Å². The number of hydrogen-bond donors (Lipinski definition) is 2. The van der Waals surface area contributed by atoms with Crippen LogP contribution < -0.4 is 20.3 Å². The second kappa shape index (κ2) is 8.97. The first kappa shape index (κ1) is 23.1. The fourth-order valence-corrected chi connectivity index (χ4v) is 4.72. The van der Waals surface area contributed by atoms with Crippen LogP contribution in [-0.4, -0.2) is 55.1 Å². The van der Waals surface area contributed by atoms with Crippen LogP contribution >= 0.6 is 0 Å². The monoisotopic (exact) mass is 495 g/mol. The highest BCUT2D eigenvalue weighted by molar-refractivity contribution is 5.88. The van der Waals surface area contributed by atoms with E-state index in [0.717, 1.165) is 64.5 Å². The standard InChI is InChI=1S/C27H29N9O/c1-17-13-18(5-9-23(17)37-19-6-8-22-21(14-19)33-34-35(22)4)31-26-25-20(28-16-29-26)7-10-24(32-25)36-12-11-30-27(2,3)15-36/h5-10,13-14,16,30H,11-12,15H2,1-4H3,(H,28,29,31). The number of piperazine rings is 1. The van der Waals surface area contributed by atoms with Gasteiger partial charge in [0.05, 0.1) is 11.0 Å². The van der Waals surface area contributed by atoms with Gasteiger partial charge in [-0.15, -0.1) is 5.10 Å². The number of pyridine rings is 1. The third kappa shape index (κ3) is 4.63. The minimum Gasteiger partial charge on any atom is -0.457 e. The topological polar surface area (TPSA) is 106 Å². The zero-order valence-corrected chi connectivity index (χ0v) is 21.4. The summed E-state index contributed by atoms with van der Waals surface area (Å²) < 4.78 is 7.89. The zero-order valence-electron chi connectivity index (χ0n) is 21.4. The predicted molar refractivity (Wildman–Crippen MR) is 145 cm³/mol. The van der Waals surface area contributed by atoms with Crippen molar-refractivity contribution in [1.29, 1.82) is 0 Å². The van der Waals surface area contributed by atoms with Crippen molar-refractivity contribution >= 4 is 39.4 Å². The Kier molecular flexibility index (Phi) is 5.60. The molecule has 10 heteroatoms. The summed E-state index contributed by atoms with van der Waals surface area (Å²) in [6.45, 7) is 9.14. The van der Waals surface area contributed by atoms with Crippen LogP contribution in [0.25, 0.3) is 22.1 Å². The van der Waals surface area contributed by atoms with Crippen molar-refractivity contribution in [2.75, 3.05) is 29.9 Å². The molecule has 0 radical (unpaired) electrons. The van der Waals surface area contributed by atoms with E-state index in [4.69, 9.17) is 9.72 Å². The molecule has 0 spiro atoms. The van der Waals surface area contributed by atoms with Gasteiger partial charge in [-0.25, -0.2) is 19.6 Å².